The Morgan fingerprint density at radius 2 is 1.30 bits per heavy atom. The molecule has 0 atom stereocenters. The Hall–Kier alpha value is -1.87. The maximum absolute atomic E-state index is 10.7. The van der Waals surface area contributed by atoms with Gasteiger partial charge in [0.05, 0.1) is 19.2 Å². The smallest absolute Gasteiger partial charge is 0.500 e. The maximum Gasteiger partial charge on any atom is 0.500 e. The molecule has 0 N–H and O–H groups in total. The first-order chi connectivity index (χ1) is 18.0. The van der Waals surface area contributed by atoms with E-state index in [0.29, 0.717) is 44.5 Å². The summed E-state index contributed by atoms with van der Waals surface area (Å²) in [4.78, 5) is 10.7. The molecular formula is C29H49O7Si-. The van der Waals surface area contributed by atoms with Crippen LogP contribution in [0.3, 0.4) is 0 Å². The fourth-order valence-corrected chi connectivity index (χ4v) is 6.76. The molecule has 0 radical (unpaired) electrons. The SMILES string of the molecule is CCCCCCOc1cc(/C=C/C(=O)[O-])ccc1OCCCCCCCC[Si](OCC)(OCC)OCC. The van der Waals surface area contributed by atoms with Crippen molar-refractivity contribution in [3.8, 4) is 11.5 Å². The molecule has 0 aliphatic heterocycles. The fourth-order valence-electron chi connectivity index (χ4n) is 4.07. The van der Waals surface area contributed by atoms with E-state index in [2.05, 4.69) is 6.92 Å². The molecule has 1 aromatic carbocycles. The Morgan fingerprint density at radius 3 is 1.86 bits per heavy atom. The highest BCUT2D eigenvalue weighted by molar-refractivity contribution is 6.60. The summed E-state index contributed by atoms with van der Waals surface area (Å²) in [6.07, 6.45) is 13.6. The van der Waals surface area contributed by atoms with Crippen LogP contribution in [-0.4, -0.2) is 47.8 Å². The third-order valence-corrected chi connectivity index (χ3v) is 9.01. The van der Waals surface area contributed by atoms with Gasteiger partial charge in [0.2, 0.25) is 0 Å². The second-order valence-electron chi connectivity index (χ2n) is 8.97. The summed E-state index contributed by atoms with van der Waals surface area (Å²) < 4.78 is 29.8. The number of rotatable bonds is 24. The molecule has 0 aliphatic rings. The summed E-state index contributed by atoms with van der Waals surface area (Å²) in [5, 5.41) is 10.7. The van der Waals surface area contributed by atoms with Gasteiger partial charge in [-0.1, -0.05) is 64.0 Å². The van der Waals surface area contributed by atoms with E-state index in [1.807, 2.05) is 39.0 Å². The molecule has 0 spiro atoms. The highest BCUT2D eigenvalue weighted by Crippen LogP contribution is 2.30. The summed E-state index contributed by atoms with van der Waals surface area (Å²) >= 11 is 0. The fraction of sp³-hybridized carbons (Fsp3) is 0.690. The van der Waals surface area contributed by atoms with Crippen LogP contribution in [0.2, 0.25) is 6.04 Å². The van der Waals surface area contributed by atoms with Gasteiger partial charge >= 0.3 is 8.80 Å². The lowest BCUT2D eigenvalue weighted by Crippen LogP contribution is -2.45. The lowest BCUT2D eigenvalue weighted by molar-refractivity contribution is -0.297. The first-order valence-corrected chi connectivity index (χ1v) is 16.1. The van der Waals surface area contributed by atoms with Crippen LogP contribution in [0.5, 0.6) is 11.5 Å². The molecule has 7 nitrogen and oxygen atoms in total. The van der Waals surface area contributed by atoms with E-state index in [1.54, 1.807) is 0 Å². The van der Waals surface area contributed by atoms with E-state index in [9.17, 15) is 9.90 Å². The Bertz CT molecular complexity index is 737. The molecule has 0 saturated carbocycles. The van der Waals surface area contributed by atoms with Crippen molar-refractivity contribution in [2.45, 2.75) is 97.9 Å². The van der Waals surface area contributed by atoms with Gasteiger partial charge < -0.3 is 32.7 Å². The van der Waals surface area contributed by atoms with Crippen molar-refractivity contribution < 1.29 is 32.7 Å². The molecule has 0 amide bonds. The highest BCUT2D eigenvalue weighted by Gasteiger charge is 2.39. The molecule has 0 fully saturated rings. The topological polar surface area (TPSA) is 86.3 Å². The number of unbranched alkanes of at least 4 members (excludes halogenated alkanes) is 8. The van der Waals surface area contributed by atoms with E-state index < -0.39 is 14.8 Å². The van der Waals surface area contributed by atoms with Gasteiger partial charge in [0, 0.05) is 25.9 Å². The van der Waals surface area contributed by atoms with Crippen molar-refractivity contribution in [2.24, 2.45) is 0 Å². The van der Waals surface area contributed by atoms with Crippen LogP contribution >= 0.6 is 0 Å². The predicted octanol–water partition coefficient (Wildman–Crippen LogP) is 6.18. The molecule has 8 heteroatoms. The molecule has 0 aliphatic carbocycles. The van der Waals surface area contributed by atoms with E-state index in [-0.39, 0.29) is 0 Å². The quantitative estimate of drug-likeness (QED) is 0.0884. The monoisotopic (exact) mass is 537 g/mol. The summed E-state index contributed by atoms with van der Waals surface area (Å²) in [6.45, 7) is 11.3. The largest absolute Gasteiger partial charge is 0.545 e. The van der Waals surface area contributed by atoms with Gasteiger partial charge in [0.25, 0.3) is 0 Å². The van der Waals surface area contributed by atoms with E-state index in [1.165, 1.54) is 25.3 Å². The third-order valence-electron chi connectivity index (χ3n) is 5.86. The van der Waals surface area contributed by atoms with Crippen molar-refractivity contribution in [3.05, 3.63) is 29.8 Å². The van der Waals surface area contributed by atoms with E-state index in [4.69, 9.17) is 22.8 Å². The summed E-state index contributed by atoms with van der Waals surface area (Å²) in [6, 6.07) is 6.38. The van der Waals surface area contributed by atoms with Crippen LogP contribution in [0, 0.1) is 0 Å². The first-order valence-electron chi connectivity index (χ1n) is 14.2. The van der Waals surface area contributed by atoms with Crippen LogP contribution in [0.1, 0.15) is 97.5 Å². The molecule has 0 saturated heterocycles. The minimum atomic E-state index is -2.52. The van der Waals surface area contributed by atoms with Gasteiger partial charge in [0.1, 0.15) is 0 Å². The molecule has 1 aromatic rings. The number of carboxylic acids is 1. The van der Waals surface area contributed by atoms with Crippen molar-refractivity contribution in [1.82, 2.24) is 0 Å². The highest BCUT2D eigenvalue weighted by atomic mass is 28.4. The number of carbonyl (C=O) groups excluding carboxylic acids is 1. The Kier molecular flexibility index (Phi) is 18.9. The van der Waals surface area contributed by atoms with Gasteiger partial charge in [0.15, 0.2) is 11.5 Å². The van der Waals surface area contributed by atoms with Crippen LogP contribution in [0.15, 0.2) is 24.3 Å². The van der Waals surface area contributed by atoms with Gasteiger partial charge in [-0.15, -0.1) is 0 Å². The Balaban J connectivity index is 2.42. The van der Waals surface area contributed by atoms with Gasteiger partial charge in [-0.2, -0.15) is 0 Å². The zero-order chi connectivity index (χ0) is 27.2. The minimum Gasteiger partial charge on any atom is -0.545 e. The molecule has 0 heterocycles. The second-order valence-corrected chi connectivity index (χ2v) is 11.7. The summed E-state index contributed by atoms with van der Waals surface area (Å²) in [5.74, 6) is 0.134. The Morgan fingerprint density at radius 1 is 0.757 bits per heavy atom. The lowest BCUT2D eigenvalue weighted by Gasteiger charge is -2.28. The van der Waals surface area contributed by atoms with Crippen LogP contribution in [-0.2, 0) is 18.1 Å². The van der Waals surface area contributed by atoms with Crippen LogP contribution in [0.4, 0.5) is 0 Å². The summed E-state index contributed by atoms with van der Waals surface area (Å²) in [7, 11) is -2.52. The van der Waals surface area contributed by atoms with Gasteiger partial charge in [-0.3, -0.25) is 0 Å². The standard InChI is InChI=1S/C29H50O7Si/c1-5-9-10-15-23-33-28-25-26(19-21-29(30)31)18-20-27(28)32-22-16-13-11-12-14-17-24-37(34-6-2,35-7-3)36-8-4/h18-21,25H,5-17,22-24H2,1-4H3,(H,30,31)/p-1/b21-19+. The summed E-state index contributed by atoms with van der Waals surface area (Å²) in [5.41, 5.74) is 0.741. The van der Waals surface area contributed by atoms with Crippen molar-refractivity contribution in [3.63, 3.8) is 0 Å². The van der Waals surface area contributed by atoms with Crippen molar-refractivity contribution in [2.75, 3.05) is 33.0 Å². The predicted molar refractivity (Wildman–Crippen MR) is 149 cm³/mol. The molecule has 1 rings (SSSR count). The third kappa shape index (κ3) is 15.2. The van der Waals surface area contributed by atoms with E-state index >= 15 is 0 Å². The lowest BCUT2D eigenvalue weighted by atomic mass is 10.1. The first kappa shape index (κ1) is 33.2. The van der Waals surface area contributed by atoms with Crippen LogP contribution < -0.4 is 14.6 Å². The average Bonchev–Trinajstić information content (AvgIpc) is 2.87. The molecule has 0 unspecified atom stereocenters. The molecule has 37 heavy (non-hydrogen) atoms. The van der Waals surface area contributed by atoms with Gasteiger partial charge in [-0.05, 0) is 63.8 Å². The average molecular weight is 538 g/mol. The number of aliphatic carboxylic acids is 1. The van der Waals surface area contributed by atoms with Crippen LogP contribution in [0.25, 0.3) is 6.08 Å². The number of hydrogen-bond acceptors (Lipinski definition) is 7. The number of carbonyl (C=O) groups is 1. The zero-order valence-corrected chi connectivity index (χ0v) is 24.6. The van der Waals surface area contributed by atoms with Gasteiger partial charge in [-0.25, -0.2) is 0 Å². The molecule has 212 valence electrons. The second kappa shape index (κ2) is 21.1. The van der Waals surface area contributed by atoms with Crippen molar-refractivity contribution in [1.29, 1.82) is 0 Å². The minimum absolute atomic E-state index is 0.615. The molecule has 0 aromatic heterocycles. The Labute approximate surface area is 225 Å². The van der Waals surface area contributed by atoms with Crippen molar-refractivity contribution >= 4 is 20.8 Å². The molecule has 0 bridgehead atoms. The normalized spacial score (nSPS) is 11.8. The number of hydrogen-bond donors (Lipinski definition) is 0. The maximum atomic E-state index is 10.7. The number of benzene rings is 1. The molecular weight excluding hydrogens is 488 g/mol. The van der Waals surface area contributed by atoms with E-state index in [0.717, 1.165) is 62.6 Å². The number of carboxylic acid groups (broad SMARTS) is 1. The number of ether oxygens (including phenoxy) is 2. The zero-order valence-electron chi connectivity index (χ0n) is 23.6.